The average molecular weight is 294 g/mol. The number of nitrogens with two attached hydrogens (primary N) is 1. The second kappa shape index (κ2) is 5.62. The lowest BCUT2D eigenvalue weighted by atomic mass is 10.1. The third kappa shape index (κ3) is 2.91. The van der Waals surface area contributed by atoms with E-state index in [1.807, 2.05) is 18.2 Å². The lowest BCUT2D eigenvalue weighted by molar-refractivity contribution is -0.119. The molecule has 1 atom stereocenters. The molecule has 5 heteroatoms. The molecule has 108 valence electrons. The summed E-state index contributed by atoms with van der Waals surface area (Å²) in [5.41, 5.74) is 7.75. The van der Waals surface area contributed by atoms with E-state index in [0.717, 1.165) is 31.6 Å². The predicted molar refractivity (Wildman–Crippen MR) is 80.9 cm³/mol. The second-order valence-electron chi connectivity index (χ2n) is 5.68. The Morgan fingerprint density at radius 3 is 2.90 bits per heavy atom. The predicted octanol–water partition coefficient (Wildman–Crippen LogP) is 2.05. The smallest absolute Gasteiger partial charge is 0.240 e. The Bertz CT molecular complexity index is 516. The van der Waals surface area contributed by atoms with Crippen molar-refractivity contribution in [2.45, 2.75) is 44.3 Å². The lowest BCUT2D eigenvalue weighted by Gasteiger charge is -2.27. The highest BCUT2D eigenvalue weighted by Crippen LogP contribution is 2.31. The highest BCUT2D eigenvalue weighted by Gasteiger charge is 2.30. The molecule has 1 aromatic carbocycles. The Kier molecular flexibility index (Phi) is 3.85. The SMILES string of the molecule is NC(=O)C1CCCN1c1cc(Cl)ccc1CNC1CC1. The van der Waals surface area contributed by atoms with E-state index in [0.29, 0.717) is 11.1 Å². The molecule has 1 amide bonds. The second-order valence-corrected chi connectivity index (χ2v) is 6.12. The summed E-state index contributed by atoms with van der Waals surface area (Å²) in [5, 5.41) is 4.21. The summed E-state index contributed by atoms with van der Waals surface area (Å²) in [7, 11) is 0. The van der Waals surface area contributed by atoms with Crippen molar-refractivity contribution in [1.82, 2.24) is 5.32 Å². The Balaban J connectivity index is 1.85. The van der Waals surface area contributed by atoms with Gasteiger partial charge in [-0.1, -0.05) is 17.7 Å². The molecule has 0 aromatic heterocycles. The average Bonchev–Trinajstić information content (AvgIpc) is 3.11. The molecule has 1 aliphatic carbocycles. The fourth-order valence-corrected chi connectivity index (χ4v) is 3.01. The summed E-state index contributed by atoms with van der Waals surface area (Å²) in [6.45, 7) is 1.68. The van der Waals surface area contributed by atoms with E-state index in [9.17, 15) is 4.79 Å². The number of benzene rings is 1. The molecule has 4 nitrogen and oxygen atoms in total. The molecule has 3 N–H and O–H groups in total. The maximum absolute atomic E-state index is 11.6. The van der Waals surface area contributed by atoms with E-state index in [4.69, 9.17) is 17.3 Å². The largest absolute Gasteiger partial charge is 0.368 e. The molecule has 1 saturated heterocycles. The van der Waals surface area contributed by atoms with Gasteiger partial charge in [-0.05, 0) is 43.4 Å². The van der Waals surface area contributed by atoms with Gasteiger partial charge in [0.1, 0.15) is 6.04 Å². The number of primary amides is 1. The van der Waals surface area contributed by atoms with E-state index in [-0.39, 0.29) is 11.9 Å². The number of carbonyl (C=O) groups excluding carboxylic acids is 1. The molecular formula is C15H20ClN3O. The molecule has 2 fully saturated rings. The van der Waals surface area contributed by atoms with Crippen LogP contribution in [0.2, 0.25) is 5.02 Å². The maximum Gasteiger partial charge on any atom is 0.240 e. The monoisotopic (exact) mass is 293 g/mol. The van der Waals surface area contributed by atoms with Crippen molar-refractivity contribution in [3.05, 3.63) is 28.8 Å². The minimum Gasteiger partial charge on any atom is -0.368 e. The van der Waals surface area contributed by atoms with Crippen LogP contribution in [0.15, 0.2) is 18.2 Å². The number of hydrogen-bond donors (Lipinski definition) is 2. The number of halogens is 1. The molecule has 3 rings (SSSR count). The summed E-state index contributed by atoms with van der Waals surface area (Å²) in [5.74, 6) is -0.247. The molecule has 1 heterocycles. The summed E-state index contributed by atoms with van der Waals surface area (Å²) < 4.78 is 0. The quantitative estimate of drug-likeness (QED) is 0.873. The van der Waals surface area contributed by atoms with Gasteiger partial charge in [-0.25, -0.2) is 0 Å². The van der Waals surface area contributed by atoms with Gasteiger partial charge < -0.3 is 16.0 Å². The topological polar surface area (TPSA) is 58.4 Å². The number of carbonyl (C=O) groups is 1. The summed E-state index contributed by atoms with van der Waals surface area (Å²) >= 11 is 6.13. The van der Waals surface area contributed by atoms with Gasteiger partial charge in [-0.3, -0.25) is 4.79 Å². The van der Waals surface area contributed by atoms with Crippen molar-refractivity contribution < 1.29 is 4.79 Å². The highest BCUT2D eigenvalue weighted by molar-refractivity contribution is 6.30. The summed E-state index contributed by atoms with van der Waals surface area (Å²) in [6.07, 6.45) is 4.35. The van der Waals surface area contributed by atoms with Gasteiger partial charge in [0.25, 0.3) is 0 Å². The zero-order chi connectivity index (χ0) is 14.1. The Morgan fingerprint density at radius 1 is 1.40 bits per heavy atom. The van der Waals surface area contributed by atoms with Crippen molar-refractivity contribution >= 4 is 23.2 Å². The molecular weight excluding hydrogens is 274 g/mol. The van der Waals surface area contributed by atoms with Crippen molar-refractivity contribution in [3.8, 4) is 0 Å². The van der Waals surface area contributed by atoms with Crippen LogP contribution in [-0.2, 0) is 11.3 Å². The molecule has 0 bridgehead atoms. The normalized spacial score (nSPS) is 22.2. The number of anilines is 1. The van der Waals surface area contributed by atoms with E-state index in [1.165, 1.54) is 18.4 Å². The molecule has 1 aromatic rings. The minimum absolute atomic E-state index is 0.201. The first-order valence-corrected chi connectivity index (χ1v) is 7.61. The van der Waals surface area contributed by atoms with Crippen molar-refractivity contribution in [1.29, 1.82) is 0 Å². The van der Waals surface area contributed by atoms with E-state index < -0.39 is 0 Å². The van der Waals surface area contributed by atoms with E-state index in [2.05, 4.69) is 10.2 Å². The van der Waals surface area contributed by atoms with Gasteiger partial charge in [-0.2, -0.15) is 0 Å². The zero-order valence-corrected chi connectivity index (χ0v) is 12.2. The molecule has 1 unspecified atom stereocenters. The Hall–Kier alpha value is -1.26. The van der Waals surface area contributed by atoms with Gasteiger partial charge in [0.05, 0.1) is 0 Å². The fraction of sp³-hybridized carbons (Fsp3) is 0.533. The number of hydrogen-bond acceptors (Lipinski definition) is 3. The Morgan fingerprint density at radius 2 is 2.20 bits per heavy atom. The number of nitrogens with one attached hydrogen (secondary N) is 1. The summed E-state index contributed by atoms with van der Waals surface area (Å²) in [6, 6.07) is 6.36. The minimum atomic E-state index is -0.247. The first kappa shape index (κ1) is 13.7. The maximum atomic E-state index is 11.6. The van der Waals surface area contributed by atoms with Crippen LogP contribution in [0.3, 0.4) is 0 Å². The van der Waals surface area contributed by atoms with Crippen LogP contribution in [-0.4, -0.2) is 24.5 Å². The van der Waals surface area contributed by atoms with Crippen LogP contribution >= 0.6 is 11.6 Å². The van der Waals surface area contributed by atoms with Gasteiger partial charge in [0, 0.05) is 29.8 Å². The van der Waals surface area contributed by atoms with Crippen molar-refractivity contribution in [2.75, 3.05) is 11.4 Å². The van der Waals surface area contributed by atoms with Gasteiger partial charge in [-0.15, -0.1) is 0 Å². The van der Waals surface area contributed by atoms with Gasteiger partial charge in [0.15, 0.2) is 0 Å². The van der Waals surface area contributed by atoms with Crippen molar-refractivity contribution in [3.63, 3.8) is 0 Å². The van der Waals surface area contributed by atoms with Crippen LogP contribution in [0, 0.1) is 0 Å². The molecule has 2 aliphatic rings. The molecule has 0 radical (unpaired) electrons. The fourth-order valence-electron chi connectivity index (χ4n) is 2.85. The zero-order valence-electron chi connectivity index (χ0n) is 11.4. The third-order valence-corrected chi connectivity index (χ3v) is 4.33. The van der Waals surface area contributed by atoms with Crippen LogP contribution in [0.25, 0.3) is 0 Å². The summed E-state index contributed by atoms with van der Waals surface area (Å²) in [4.78, 5) is 13.7. The van der Waals surface area contributed by atoms with Crippen LogP contribution in [0.1, 0.15) is 31.2 Å². The van der Waals surface area contributed by atoms with Crippen LogP contribution in [0.5, 0.6) is 0 Å². The van der Waals surface area contributed by atoms with Crippen LogP contribution in [0.4, 0.5) is 5.69 Å². The highest BCUT2D eigenvalue weighted by atomic mass is 35.5. The Labute approximate surface area is 124 Å². The standard InChI is InChI=1S/C15H20ClN3O/c16-11-4-3-10(9-18-12-5-6-12)14(8-11)19-7-1-2-13(19)15(17)20/h3-4,8,12-13,18H,1-2,5-7,9H2,(H2,17,20). The van der Waals surface area contributed by atoms with E-state index >= 15 is 0 Å². The molecule has 1 aliphatic heterocycles. The third-order valence-electron chi connectivity index (χ3n) is 4.10. The molecule has 20 heavy (non-hydrogen) atoms. The van der Waals surface area contributed by atoms with Gasteiger partial charge >= 0.3 is 0 Å². The number of rotatable bonds is 5. The molecule has 0 spiro atoms. The van der Waals surface area contributed by atoms with Crippen LogP contribution < -0.4 is 16.0 Å². The van der Waals surface area contributed by atoms with Crippen molar-refractivity contribution in [2.24, 2.45) is 5.73 Å². The number of amides is 1. The van der Waals surface area contributed by atoms with E-state index in [1.54, 1.807) is 0 Å². The first-order valence-electron chi connectivity index (χ1n) is 7.23. The number of nitrogens with zero attached hydrogens (tertiary/aromatic N) is 1. The lowest BCUT2D eigenvalue weighted by Crippen LogP contribution is -2.41. The first-order chi connectivity index (χ1) is 9.65. The molecule has 1 saturated carbocycles. The van der Waals surface area contributed by atoms with Gasteiger partial charge in [0.2, 0.25) is 5.91 Å².